The highest BCUT2D eigenvalue weighted by Gasteiger charge is 2.26. The summed E-state index contributed by atoms with van der Waals surface area (Å²) in [5.41, 5.74) is 12.5. The van der Waals surface area contributed by atoms with Gasteiger partial charge < -0.3 is 19.9 Å². The summed E-state index contributed by atoms with van der Waals surface area (Å²) in [7, 11) is 0. The lowest BCUT2D eigenvalue weighted by Crippen LogP contribution is -2.02. The lowest BCUT2D eigenvalue weighted by atomic mass is 10.0. The number of rotatable bonds is 5. The second kappa shape index (κ2) is 14.2. The quantitative estimate of drug-likeness (QED) is 0.310. The van der Waals surface area contributed by atoms with Gasteiger partial charge in [0.15, 0.2) is 0 Å². The van der Waals surface area contributed by atoms with Crippen LogP contribution in [-0.2, 0) is 16.1 Å². The molecule has 5 rings (SSSR count). The number of carbonyl (C=O) groups is 2. The SMILES string of the molecule is C=O.C=O.CCCC.N#Cc1c(-c2ccc(N)cc2)n(CC2CC2)c2cc(-c3ccccn3)ccc12.[HH]. The minimum Gasteiger partial charge on any atom is -0.399 e. The smallest absolute Gasteiger partial charge is 0.106 e. The summed E-state index contributed by atoms with van der Waals surface area (Å²) in [5, 5.41) is 11.0. The number of carbonyl (C=O) groups excluding carboxylic acids is 2. The fourth-order valence-electron chi connectivity index (χ4n) is 3.84. The van der Waals surface area contributed by atoms with Crippen molar-refractivity contribution >= 4 is 30.2 Å². The Hall–Kier alpha value is -4.24. The van der Waals surface area contributed by atoms with Gasteiger partial charge in [-0.15, -0.1) is 0 Å². The van der Waals surface area contributed by atoms with Crippen LogP contribution in [0.4, 0.5) is 5.69 Å². The zero-order valence-corrected chi connectivity index (χ0v) is 21.1. The minimum atomic E-state index is 0. The topological polar surface area (TPSA) is 102 Å². The van der Waals surface area contributed by atoms with E-state index in [-0.39, 0.29) is 1.43 Å². The van der Waals surface area contributed by atoms with Crippen molar-refractivity contribution in [2.24, 2.45) is 5.92 Å². The summed E-state index contributed by atoms with van der Waals surface area (Å²) in [4.78, 5) is 20.5. The predicted octanol–water partition coefficient (Wildman–Crippen LogP) is 6.92. The van der Waals surface area contributed by atoms with Gasteiger partial charge in [-0.3, -0.25) is 4.98 Å². The molecule has 2 aromatic carbocycles. The minimum absolute atomic E-state index is 0. The van der Waals surface area contributed by atoms with Crippen molar-refractivity contribution in [2.75, 3.05) is 5.73 Å². The molecule has 2 N–H and O–H groups in total. The molecule has 1 aliphatic carbocycles. The summed E-state index contributed by atoms with van der Waals surface area (Å²) in [6.45, 7) is 9.30. The van der Waals surface area contributed by atoms with Gasteiger partial charge in [-0.1, -0.05) is 57.0 Å². The Balaban J connectivity index is 0.000000685. The molecule has 0 amide bonds. The molecule has 2 aromatic heterocycles. The van der Waals surface area contributed by atoms with Crippen molar-refractivity contribution in [1.82, 2.24) is 9.55 Å². The summed E-state index contributed by atoms with van der Waals surface area (Å²) < 4.78 is 2.32. The number of benzene rings is 2. The number of nitrogen functional groups attached to an aromatic ring is 1. The highest BCUT2D eigenvalue weighted by atomic mass is 16.1. The first-order chi connectivity index (χ1) is 17.7. The molecule has 2 heterocycles. The summed E-state index contributed by atoms with van der Waals surface area (Å²) >= 11 is 0. The summed E-state index contributed by atoms with van der Waals surface area (Å²) in [6, 6.07) is 22.5. The molecule has 6 heteroatoms. The molecule has 0 aliphatic heterocycles. The molecule has 0 atom stereocenters. The fraction of sp³-hybridized carbons (Fsp3) is 0.267. The van der Waals surface area contributed by atoms with E-state index >= 15 is 0 Å². The molecule has 0 unspecified atom stereocenters. The Labute approximate surface area is 214 Å². The van der Waals surface area contributed by atoms with Gasteiger partial charge in [0, 0.05) is 30.8 Å². The third kappa shape index (κ3) is 6.67. The number of fused-ring (bicyclic) bond motifs is 1. The van der Waals surface area contributed by atoms with Crippen molar-refractivity contribution in [1.29, 1.82) is 5.26 Å². The number of hydrogen-bond donors (Lipinski definition) is 1. The van der Waals surface area contributed by atoms with Gasteiger partial charge in [-0.05, 0) is 54.7 Å². The van der Waals surface area contributed by atoms with E-state index in [1.807, 2.05) is 62.2 Å². The Kier molecular flexibility index (Phi) is 11.1. The van der Waals surface area contributed by atoms with Crippen LogP contribution in [-0.4, -0.2) is 23.1 Å². The van der Waals surface area contributed by atoms with Crippen molar-refractivity contribution in [3.63, 3.8) is 0 Å². The molecule has 0 radical (unpaired) electrons. The Morgan fingerprint density at radius 2 is 1.64 bits per heavy atom. The Morgan fingerprint density at radius 3 is 2.17 bits per heavy atom. The average molecular weight is 485 g/mol. The molecule has 188 valence electrons. The zero-order chi connectivity index (χ0) is 26.5. The predicted molar refractivity (Wildman–Crippen MR) is 149 cm³/mol. The number of nitrogens with two attached hydrogens (primary N) is 1. The maximum absolute atomic E-state index is 9.98. The van der Waals surface area contributed by atoms with Gasteiger partial charge in [0.25, 0.3) is 0 Å². The van der Waals surface area contributed by atoms with Gasteiger partial charge in [0.05, 0.1) is 22.5 Å². The molecule has 36 heavy (non-hydrogen) atoms. The van der Waals surface area contributed by atoms with Crippen LogP contribution < -0.4 is 5.73 Å². The van der Waals surface area contributed by atoms with Crippen LogP contribution in [0.25, 0.3) is 33.4 Å². The molecular weight excluding hydrogens is 448 g/mol. The van der Waals surface area contributed by atoms with Crippen molar-refractivity contribution in [2.45, 2.75) is 46.1 Å². The van der Waals surface area contributed by atoms with Crippen LogP contribution in [0, 0.1) is 17.2 Å². The molecule has 4 aromatic rings. The van der Waals surface area contributed by atoms with E-state index in [0.717, 1.165) is 51.2 Å². The summed E-state index contributed by atoms with van der Waals surface area (Å²) in [6.07, 6.45) is 6.95. The number of aromatic nitrogens is 2. The van der Waals surface area contributed by atoms with Gasteiger partial charge in [-0.2, -0.15) is 5.26 Å². The first-order valence-electron chi connectivity index (χ1n) is 12.1. The van der Waals surface area contributed by atoms with E-state index < -0.39 is 0 Å². The van der Waals surface area contributed by atoms with Crippen molar-refractivity contribution in [3.8, 4) is 28.6 Å². The van der Waals surface area contributed by atoms with E-state index in [1.54, 1.807) is 0 Å². The molecular formula is C30H36N4O2. The lowest BCUT2D eigenvalue weighted by Gasteiger charge is -2.11. The van der Waals surface area contributed by atoms with Crippen LogP contribution >= 0.6 is 0 Å². The number of unbranched alkanes of at least 4 members (excludes halogenated alkanes) is 1. The number of nitriles is 1. The third-order valence-electron chi connectivity index (χ3n) is 5.96. The molecule has 1 saturated carbocycles. The average Bonchev–Trinajstić information content (AvgIpc) is 3.73. The first kappa shape index (κ1) is 28.0. The molecule has 1 fully saturated rings. The van der Waals surface area contributed by atoms with Crippen molar-refractivity contribution < 1.29 is 11.0 Å². The second-order valence-corrected chi connectivity index (χ2v) is 8.46. The normalized spacial score (nSPS) is 11.6. The molecule has 1 aliphatic rings. The van der Waals surface area contributed by atoms with Gasteiger partial charge >= 0.3 is 0 Å². The molecule has 6 nitrogen and oxygen atoms in total. The van der Waals surface area contributed by atoms with Gasteiger partial charge in [0.2, 0.25) is 0 Å². The number of anilines is 1. The third-order valence-corrected chi connectivity index (χ3v) is 5.96. The Bertz CT molecular complexity index is 1270. The maximum atomic E-state index is 9.98. The van der Waals surface area contributed by atoms with Crippen molar-refractivity contribution in [3.05, 3.63) is 72.4 Å². The monoisotopic (exact) mass is 484 g/mol. The van der Waals surface area contributed by atoms with E-state index in [4.69, 9.17) is 15.3 Å². The number of hydrogen-bond acceptors (Lipinski definition) is 5. The first-order valence-corrected chi connectivity index (χ1v) is 12.1. The van der Waals surface area contributed by atoms with Crippen LogP contribution in [0.1, 0.15) is 46.5 Å². The van der Waals surface area contributed by atoms with Crippen LogP contribution in [0.15, 0.2) is 66.9 Å². The largest absolute Gasteiger partial charge is 0.399 e. The van der Waals surface area contributed by atoms with Gasteiger partial charge in [0.1, 0.15) is 19.6 Å². The van der Waals surface area contributed by atoms with Gasteiger partial charge in [-0.25, -0.2) is 0 Å². The van der Waals surface area contributed by atoms with E-state index in [2.05, 4.69) is 47.7 Å². The molecule has 0 bridgehead atoms. The van der Waals surface area contributed by atoms with Crippen LogP contribution in [0.3, 0.4) is 0 Å². The summed E-state index contributed by atoms with van der Waals surface area (Å²) in [5.74, 6) is 0.688. The number of pyridine rings is 1. The molecule has 0 saturated heterocycles. The maximum Gasteiger partial charge on any atom is 0.106 e. The highest BCUT2D eigenvalue weighted by molar-refractivity contribution is 5.96. The Morgan fingerprint density at radius 1 is 1.00 bits per heavy atom. The van der Waals surface area contributed by atoms with Crippen LogP contribution in [0.5, 0.6) is 0 Å². The van der Waals surface area contributed by atoms with E-state index in [0.29, 0.717) is 5.92 Å². The second-order valence-electron chi connectivity index (χ2n) is 8.46. The van der Waals surface area contributed by atoms with E-state index in [9.17, 15) is 5.26 Å². The number of nitrogens with zero attached hydrogens (tertiary/aromatic N) is 3. The van der Waals surface area contributed by atoms with Crippen LogP contribution in [0.2, 0.25) is 0 Å². The highest BCUT2D eigenvalue weighted by Crippen LogP contribution is 2.39. The lowest BCUT2D eigenvalue weighted by molar-refractivity contribution is -0.0987. The molecule has 0 spiro atoms. The zero-order valence-electron chi connectivity index (χ0n) is 21.1. The standard InChI is InChI=1S/C24H20N4.C4H10.2CH2O.H2/c25-14-21-20-11-8-18(22-3-1-2-12-27-22)13-23(20)28(15-16-4-5-16)24(21)17-6-9-19(26)10-7-17;1-3-4-2;2*1-2;/h1-3,6-13,16H,4-5,15,26H2;3-4H2,1-2H3;2*1H2;1H. The van der Waals surface area contributed by atoms with E-state index in [1.165, 1.54) is 25.7 Å². The fourth-order valence-corrected chi connectivity index (χ4v) is 3.84.